The van der Waals surface area contributed by atoms with Crippen LogP contribution in [0.2, 0.25) is 5.22 Å². The molecule has 3 heteroatoms. The molecule has 1 N–H and O–H groups in total. The third-order valence-electron chi connectivity index (χ3n) is 2.89. The minimum Gasteiger partial charge on any atom is -0.453 e. The zero-order chi connectivity index (χ0) is 12.3. The predicted octanol–water partition coefficient (Wildman–Crippen LogP) is 3.74. The molecule has 0 saturated heterocycles. The zero-order valence-electron chi connectivity index (χ0n) is 10.0. The fourth-order valence-electron chi connectivity index (χ4n) is 2.00. The number of nitrogens with one attached hydrogen (secondary N) is 1. The molecule has 0 amide bonds. The van der Waals surface area contributed by atoms with Crippen LogP contribution in [0.25, 0.3) is 0 Å². The number of aryl methyl sites for hydroxylation is 1. The number of rotatable bonds is 4. The first-order chi connectivity index (χ1) is 8.20. The standard InChI is InChI=1S/C14H16ClNO/c1-10-4-3-5-11(8-10)9-13(16-2)12-6-7-17-14(12)15/h3-8,13,16H,9H2,1-2H3. The lowest BCUT2D eigenvalue weighted by Gasteiger charge is -2.15. The van der Waals surface area contributed by atoms with E-state index in [0.717, 1.165) is 12.0 Å². The lowest BCUT2D eigenvalue weighted by atomic mass is 10.00. The molecule has 1 aromatic heterocycles. The zero-order valence-corrected chi connectivity index (χ0v) is 10.8. The van der Waals surface area contributed by atoms with Crippen LogP contribution in [-0.4, -0.2) is 7.05 Å². The molecule has 90 valence electrons. The largest absolute Gasteiger partial charge is 0.453 e. The molecule has 0 fully saturated rings. The quantitative estimate of drug-likeness (QED) is 0.893. The van der Waals surface area contributed by atoms with Crippen molar-refractivity contribution in [2.45, 2.75) is 19.4 Å². The van der Waals surface area contributed by atoms with Gasteiger partial charge >= 0.3 is 0 Å². The predicted molar refractivity (Wildman–Crippen MR) is 70.4 cm³/mol. The normalized spacial score (nSPS) is 12.6. The highest BCUT2D eigenvalue weighted by molar-refractivity contribution is 6.29. The summed E-state index contributed by atoms with van der Waals surface area (Å²) >= 11 is 6.00. The van der Waals surface area contributed by atoms with Crippen molar-refractivity contribution >= 4 is 11.6 Å². The summed E-state index contributed by atoms with van der Waals surface area (Å²) in [4.78, 5) is 0. The van der Waals surface area contributed by atoms with Crippen LogP contribution in [0.15, 0.2) is 41.0 Å². The van der Waals surface area contributed by atoms with Gasteiger partial charge in [0.15, 0.2) is 5.22 Å². The summed E-state index contributed by atoms with van der Waals surface area (Å²) < 4.78 is 5.13. The topological polar surface area (TPSA) is 25.2 Å². The van der Waals surface area contributed by atoms with Gasteiger partial charge in [0.2, 0.25) is 0 Å². The van der Waals surface area contributed by atoms with E-state index in [1.54, 1.807) is 6.26 Å². The summed E-state index contributed by atoms with van der Waals surface area (Å²) in [7, 11) is 1.93. The van der Waals surface area contributed by atoms with Gasteiger partial charge in [0, 0.05) is 11.6 Å². The second-order valence-electron chi connectivity index (χ2n) is 4.18. The highest BCUT2D eigenvalue weighted by Crippen LogP contribution is 2.26. The average molecular weight is 250 g/mol. The summed E-state index contributed by atoms with van der Waals surface area (Å²) in [6.45, 7) is 2.10. The van der Waals surface area contributed by atoms with Crippen molar-refractivity contribution in [3.63, 3.8) is 0 Å². The van der Waals surface area contributed by atoms with E-state index in [9.17, 15) is 0 Å². The van der Waals surface area contributed by atoms with Gasteiger partial charge in [0.25, 0.3) is 0 Å². The van der Waals surface area contributed by atoms with Crippen LogP contribution in [0.5, 0.6) is 0 Å². The molecule has 0 radical (unpaired) electrons. The monoisotopic (exact) mass is 249 g/mol. The molecule has 17 heavy (non-hydrogen) atoms. The van der Waals surface area contributed by atoms with Crippen LogP contribution in [0.3, 0.4) is 0 Å². The van der Waals surface area contributed by atoms with Gasteiger partial charge in [-0.2, -0.15) is 0 Å². The molecule has 2 aromatic rings. The molecule has 0 aliphatic heterocycles. The number of hydrogen-bond acceptors (Lipinski definition) is 2. The van der Waals surface area contributed by atoms with Crippen LogP contribution in [-0.2, 0) is 6.42 Å². The molecular weight excluding hydrogens is 234 g/mol. The van der Waals surface area contributed by atoms with Gasteiger partial charge in [-0.15, -0.1) is 0 Å². The van der Waals surface area contributed by atoms with E-state index in [-0.39, 0.29) is 6.04 Å². The van der Waals surface area contributed by atoms with Gasteiger partial charge in [-0.05, 0) is 43.6 Å². The Balaban J connectivity index is 2.19. The minimum atomic E-state index is 0.183. The summed E-state index contributed by atoms with van der Waals surface area (Å²) in [6, 6.07) is 10.6. The van der Waals surface area contributed by atoms with E-state index in [1.807, 2.05) is 13.1 Å². The lowest BCUT2D eigenvalue weighted by Crippen LogP contribution is -2.18. The molecule has 0 saturated carbocycles. The van der Waals surface area contributed by atoms with Crippen molar-refractivity contribution < 1.29 is 4.42 Å². The van der Waals surface area contributed by atoms with Crippen molar-refractivity contribution in [1.29, 1.82) is 0 Å². The molecule has 0 bridgehead atoms. The molecule has 1 aromatic carbocycles. The van der Waals surface area contributed by atoms with E-state index in [2.05, 4.69) is 36.5 Å². The highest BCUT2D eigenvalue weighted by atomic mass is 35.5. The van der Waals surface area contributed by atoms with E-state index < -0.39 is 0 Å². The summed E-state index contributed by atoms with van der Waals surface area (Å²) in [5, 5.41) is 3.74. The molecular formula is C14H16ClNO. The number of benzene rings is 1. The van der Waals surface area contributed by atoms with Crippen molar-refractivity contribution in [1.82, 2.24) is 5.32 Å². The first kappa shape index (κ1) is 12.2. The maximum Gasteiger partial charge on any atom is 0.197 e. The van der Waals surface area contributed by atoms with Crippen LogP contribution < -0.4 is 5.32 Å². The molecule has 0 spiro atoms. The molecule has 2 rings (SSSR count). The maximum absolute atomic E-state index is 6.00. The van der Waals surface area contributed by atoms with Gasteiger partial charge in [0.05, 0.1) is 6.26 Å². The van der Waals surface area contributed by atoms with Crippen LogP contribution in [0.1, 0.15) is 22.7 Å². The van der Waals surface area contributed by atoms with Crippen molar-refractivity contribution in [2.24, 2.45) is 0 Å². The SMILES string of the molecule is CNC(Cc1cccc(C)c1)c1ccoc1Cl. The van der Waals surface area contributed by atoms with Crippen LogP contribution >= 0.6 is 11.6 Å². The second-order valence-corrected chi connectivity index (χ2v) is 4.53. The van der Waals surface area contributed by atoms with Gasteiger partial charge < -0.3 is 9.73 Å². The molecule has 1 heterocycles. The fourth-order valence-corrected chi connectivity index (χ4v) is 2.24. The number of halogens is 1. The van der Waals surface area contributed by atoms with E-state index in [4.69, 9.17) is 16.0 Å². The first-order valence-corrected chi connectivity index (χ1v) is 6.04. The highest BCUT2D eigenvalue weighted by Gasteiger charge is 2.15. The van der Waals surface area contributed by atoms with Gasteiger partial charge in [-0.25, -0.2) is 0 Å². The number of likely N-dealkylation sites (N-methyl/N-ethyl adjacent to an activating group) is 1. The minimum absolute atomic E-state index is 0.183. The Labute approximate surface area is 107 Å². The van der Waals surface area contributed by atoms with Gasteiger partial charge in [-0.3, -0.25) is 0 Å². The van der Waals surface area contributed by atoms with Gasteiger partial charge in [-0.1, -0.05) is 29.8 Å². The fraction of sp³-hybridized carbons (Fsp3) is 0.286. The smallest absolute Gasteiger partial charge is 0.197 e. The first-order valence-electron chi connectivity index (χ1n) is 5.66. The molecule has 2 nitrogen and oxygen atoms in total. The summed E-state index contributed by atoms with van der Waals surface area (Å²) in [5.74, 6) is 0. The van der Waals surface area contributed by atoms with Crippen molar-refractivity contribution in [3.05, 3.63) is 58.5 Å². The third-order valence-corrected chi connectivity index (χ3v) is 3.20. The van der Waals surface area contributed by atoms with Crippen molar-refractivity contribution in [3.8, 4) is 0 Å². The Bertz CT molecular complexity index is 492. The Morgan fingerprint density at radius 3 is 2.76 bits per heavy atom. The average Bonchev–Trinajstić information content (AvgIpc) is 2.72. The van der Waals surface area contributed by atoms with Crippen molar-refractivity contribution in [2.75, 3.05) is 7.05 Å². The van der Waals surface area contributed by atoms with E-state index >= 15 is 0 Å². The van der Waals surface area contributed by atoms with Gasteiger partial charge in [0.1, 0.15) is 0 Å². The van der Waals surface area contributed by atoms with Crippen LogP contribution in [0, 0.1) is 6.92 Å². The van der Waals surface area contributed by atoms with E-state index in [0.29, 0.717) is 5.22 Å². The number of furan rings is 1. The Kier molecular flexibility index (Phi) is 3.87. The molecule has 1 unspecified atom stereocenters. The number of hydrogen-bond donors (Lipinski definition) is 1. The Hall–Kier alpha value is -1.25. The molecule has 0 aliphatic carbocycles. The maximum atomic E-state index is 6.00. The van der Waals surface area contributed by atoms with E-state index in [1.165, 1.54) is 11.1 Å². The Morgan fingerprint density at radius 2 is 2.18 bits per heavy atom. The van der Waals surface area contributed by atoms with Crippen LogP contribution in [0.4, 0.5) is 0 Å². The Morgan fingerprint density at radius 1 is 1.35 bits per heavy atom. The molecule has 1 atom stereocenters. The summed E-state index contributed by atoms with van der Waals surface area (Å²) in [5.41, 5.74) is 3.58. The molecule has 0 aliphatic rings. The third kappa shape index (κ3) is 2.90. The second kappa shape index (κ2) is 5.39. The lowest BCUT2D eigenvalue weighted by molar-refractivity contribution is 0.544. The summed E-state index contributed by atoms with van der Waals surface area (Å²) in [6.07, 6.45) is 2.52.